The average Bonchev–Trinajstić information content (AvgIpc) is 3.22. The van der Waals surface area contributed by atoms with E-state index >= 15 is 0 Å². The number of halogens is 1. The number of nitrogens with zero attached hydrogens (tertiary/aromatic N) is 5. The van der Waals surface area contributed by atoms with Gasteiger partial charge in [0.05, 0.1) is 30.1 Å². The van der Waals surface area contributed by atoms with Crippen molar-refractivity contribution in [3.05, 3.63) is 71.6 Å². The Labute approximate surface area is 178 Å². The molecule has 1 aromatic carbocycles. The Morgan fingerprint density at radius 2 is 2.03 bits per heavy atom. The van der Waals surface area contributed by atoms with Crippen LogP contribution in [0.3, 0.4) is 0 Å². The van der Waals surface area contributed by atoms with Crippen molar-refractivity contribution in [2.24, 2.45) is 0 Å². The van der Waals surface area contributed by atoms with Crippen LogP contribution in [0.4, 0.5) is 4.39 Å². The van der Waals surface area contributed by atoms with Crippen LogP contribution in [0, 0.1) is 5.82 Å². The summed E-state index contributed by atoms with van der Waals surface area (Å²) in [6, 6.07) is 10.3. The van der Waals surface area contributed by atoms with Crippen molar-refractivity contribution >= 4 is 16.7 Å². The number of aromatic nitrogens is 5. The highest BCUT2D eigenvalue weighted by Gasteiger charge is 2.24. The van der Waals surface area contributed by atoms with Gasteiger partial charge in [-0.15, -0.1) is 5.10 Å². The van der Waals surface area contributed by atoms with E-state index in [2.05, 4.69) is 20.3 Å². The smallest absolute Gasteiger partial charge is 0.178 e. The maximum atomic E-state index is 13.3. The summed E-state index contributed by atoms with van der Waals surface area (Å²) < 4.78 is 15.0. The summed E-state index contributed by atoms with van der Waals surface area (Å²) in [6.45, 7) is 5.47. The molecule has 1 atom stereocenters. The van der Waals surface area contributed by atoms with Gasteiger partial charge in [0.2, 0.25) is 0 Å². The van der Waals surface area contributed by atoms with Crippen molar-refractivity contribution in [1.29, 1.82) is 0 Å². The van der Waals surface area contributed by atoms with E-state index in [-0.39, 0.29) is 5.78 Å². The van der Waals surface area contributed by atoms with Gasteiger partial charge in [-0.25, -0.2) is 14.1 Å². The third-order valence-corrected chi connectivity index (χ3v) is 5.36. The molecule has 0 bridgehead atoms. The van der Waals surface area contributed by atoms with Crippen molar-refractivity contribution in [2.45, 2.75) is 39.3 Å². The molecule has 31 heavy (non-hydrogen) atoms. The number of ketones is 1. The first-order valence-electron chi connectivity index (χ1n) is 9.96. The Bertz CT molecular complexity index is 1260. The van der Waals surface area contributed by atoms with Crippen LogP contribution in [0.1, 0.15) is 48.9 Å². The van der Waals surface area contributed by atoms with Gasteiger partial charge in [0.1, 0.15) is 22.8 Å². The lowest BCUT2D eigenvalue weighted by atomic mass is 10.0. The molecule has 3 aromatic heterocycles. The zero-order valence-corrected chi connectivity index (χ0v) is 17.5. The number of aliphatic hydroxyl groups is 1. The number of carbonyl (C=O) groups is 1. The molecular formula is C23H22FN5O2. The summed E-state index contributed by atoms with van der Waals surface area (Å²) >= 11 is 0. The van der Waals surface area contributed by atoms with Gasteiger partial charge in [0.25, 0.3) is 0 Å². The minimum Gasteiger partial charge on any atom is -0.384 e. The lowest BCUT2D eigenvalue weighted by Crippen LogP contribution is -2.20. The van der Waals surface area contributed by atoms with Crippen molar-refractivity contribution in [1.82, 2.24) is 25.0 Å². The van der Waals surface area contributed by atoms with E-state index in [9.17, 15) is 14.3 Å². The number of hydrogen-bond acceptors (Lipinski definition) is 6. The molecule has 0 amide bonds. The highest BCUT2D eigenvalue weighted by atomic mass is 19.1. The second kappa shape index (κ2) is 7.96. The maximum absolute atomic E-state index is 13.3. The minimum atomic E-state index is -1.03. The van der Waals surface area contributed by atoms with Crippen LogP contribution in [-0.4, -0.2) is 35.9 Å². The predicted molar refractivity (Wildman–Crippen MR) is 114 cm³/mol. The fourth-order valence-electron chi connectivity index (χ4n) is 3.29. The van der Waals surface area contributed by atoms with E-state index in [0.717, 1.165) is 17.1 Å². The van der Waals surface area contributed by atoms with E-state index in [1.54, 1.807) is 29.9 Å². The van der Waals surface area contributed by atoms with Gasteiger partial charge in [-0.2, -0.15) is 0 Å². The van der Waals surface area contributed by atoms with Gasteiger partial charge >= 0.3 is 0 Å². The van der Waals surface area contributed by atoms with Crippen molar-refractivity contribution < 1.29 is 14.3 Å². The Kier molecular flexibility index (Phi) is 5.32. The number of pyridine rings is 2. The normalized spacial score (nSPS) is 13.3. The summed E-state index contributed by atoms with van der Waals surface area (Å²) in [5.41, 5.74) is 2.61. The molecule has 0 spiro atoms. The minimum absolute atomic E-state index is 0.168. The van der Waals surface area contributed by atoms with Crippen LogP contribution in [-0.2, 0) is 12.1 Å². The van der Waals surface area contributed by atoms with Gasteiger partial charge in [-0.1, -0.05) is 24.3 Å². The second-order valence-electron chi connectivity index (χ2n) is 7.75. The molecule has 4 rings (SSSR count). The molecule has 4 aromatic rings. The summed E-state index contributed by atoms with van der Waals surface area (Å²) in [6.07, 6.45) is 3.40. The molecular weight excluding hydrogens is 397 g/mol. The zero-order valence-electron chi connectivity index (χ0n) is 17.5. The molecule has 0 aliphatic carbocycles. The Balaban J connectivity index is 1.75. The molecule has 0 saturated heterocycles. The number of hydrogen-bond donors (Lipinski definition) is 1. The second-order valence-corrected chi connectivity index (χ2v) is 7.75. The molecule has 7 nitrogen and oxygen atoms in total. The number of Topliss-reactive ketones (excluding diaryl/α,β-unsaturated/α-hetero) is 1. The Morgan fingerprint density at radius 1 is 1.23 bits per heavy atom. The van der Waals surface area contributed by atoms with Crippen molar-refractivity contribution in [3.63, 3.8) is 0 Å². The van der Waals surface area contributed by atoms with Gasteiger partial charge in [-0.3, -0.25) is 9.78 Å². The number of fused-ring (bicyclic) bond motifs is 1. The van der Waals surface area contributed by atoms with Gasteiger partial charge in [0, 0.05) is 17.9 Å². The molecule has 0 saturated carbocycles. The fraction of sp³-hybridized carbons (Fsp3) is 0.261. The maximum Gasteiger partial charge on any atom is 0.178 e. The molecule has 1 N–H and O–H groups in total. The molecule has 158 valence electrons. The lowest BCUT2D eigenvalue weighted by Gasteiger charge is -2.17. The van der Waals surface area contributed by atoms with E-state index < -0.39 is 11.4 Å². The monoisotopic (exact) mass is 419 g/mol. The van der Waals surface area contributed by atoms with Crippen LogP contribution in [0.2, 0.25) is 0 Å². The summed E-state index contributed by atoms with van der Waals surface area (Å²) in [4.78, 5) is 20.7. The van der Waals surface area contributed by atoms with E-state index in [4.69, 9.17) is 0 Å². The summed E-state index contributed by atoms with van der Waals surface area (Å²) in [5, 5.41) is 19.4. The third kappa shape index (κ3) is 4.20. The van der Waals surface area contributed by atoms with Gasteiger partial charge < -0.3 is 5.11 Å². The van der Waals surface area contributed by atoms with E-state index in [1.165, 1.54) is 13.0 Å². The molecule has 0 unspecified atom stereocenters. The quantitative estimate of drug-likeness (QED) is 0.477. The summed E-state index contributed by atoms with van der Waals surface area (Å²) in [7, 11) is 0. The molecule has 3 heterocycles. The van der Waals surface area contributed by atoms with Crippen molar-refractivity contribution in [3.8, 4) is 11.3 Å². The lowest BCUT2D eigenvalue weighted by molar-refractivity contribution is 0.0484. The van der Waals surface area contributed by atoms with Gasteiger partial charge in [0.15, 0.2) is 5.78 Å². The topological polar surface area (TPSA) is 93.8 Å². The van der Waals surface area contributed by atoms with Crippen LogP contribution in [0.5, 0.6) is 0 Å². The molecule has 0 fully saturated rings. The number of benzene rings is 1. The molecule has 0 aliphatic rings. The molecule has 0 radical (unpaired) electrons. The fourth-order valence-corrected chi connectivity index (χ4v) is 3.29. The van der Waals surface area contributed by atoms with E-state index in [1.807, 2.05) is 25.1 Å². The largest absolute Gasteiger partial charge is 0.384 e. The van der Waals surface area contributed by atoms with E-state index in [0.29, 0.717) is 41.1 Å². The Hall–Kier alpha value is -3.52. The van der Waals surface area contributed by atoms with Gasteiger partial charge in [-0.05, 0) is 43.2 Å². The summed E-state index contributed by atoms with van der Waals surface area (Å²) in [5.74, 6) is -0.594. The first-order valence-corrected chi connectivity index (χ1v) is 9.96. The van der Waals surface area contributed by atoms with Crippen LogP contribution in [0.15, 0.2) is 48.8 Å². The third-order valence-electron chi connectivity index (χ3n) is 5.36. The zero-order chi connectivity index (χ0) is 22.2. The van der Waals surface area contributed by atoms with Crippen LogP contribution >= 0.6 is 0 Å². The molecule has 8 heteroatoms. The first kappa shape index (κ1) is 20.7. The number of carbonyl (C=O) groups excluding carboxylic acids is 1. The highest BCUT2D eigenvalue weighted by Crippen LogP contribution is 2.29. The highest BCUT2D eigenvalue weighted by molar-refractivity contribution is 6.00. The Morgan fingerprint density at radius 3 is 2.71 bits per heavy atom. The standard InChI is InChI=1S/C23H22FN5O2/c1-4-23(3,31)22-13-29(28-27-22)12-15-5-7-17-18(19-8-6-16(24)11-25-19)10-20(14(2)30)26-21(17)9-15/h5-11,13,31H,4,12H2,1-3H3/t23-/m1/s1. The number of rotatable bonds is 6. The molecule has 0 aliphatic heterocycles. The van der Waals surface area contributed by atoms with Crippen LogP contribution in [0.25, 0.3) is 22.2 Å². The average molecular weight is 419 g/mol. The first-order chi connectivity index (χ1) is 14.8. The van der Waals surface area contributed by atoms with Crippen molar-refractivity contribution in [2.75, 3.05) is 0 Å². The predicted octanol–water partition coefficient (Wildman–Crippen LogP) is 3.90. The SMILES string of the molecule is CC[C@@](C)(O)c1cn(Cc2ccc3c(-c4ccc(F)cn4)cc(C(C)=O)nc3c2)nn1. The van der Waals surface area contributed by atoms with Crippen LogP contribution < -0.4 is 0 Å².